The molecule has 1 heterocycles. The van der Waals surface area contributed by atoms with Crippen molar-refractivity contribution < 1.29 is 23.8 Å². The van der Waals surface area contributed by atoms with Crippen LogP contribution in [0.25, 0.3) is 0 Å². The number of benzene rings is 2. The molecule has 1 fully saturated rings. The van der Waals surface area contributed by atoms with E-state index in [4.69, 9.17) is 14.2 Å². The molecule has 0 spiro atoms. The third-order valence-corrected chi connectivity index (χ3v) is 5.92. The molecule has 184 valence electrons. The first kappa shape index (κ1) is 25.4. The van der Waals surface area contributed by atoms with Crippen LogP contribution in [0.2, 0.25) is 0 Å². The van der Waals surface area contributed by atoms with Gasteiger partial charge in [-0.25, -0.2) is 4.79 Å². The van der Waals surface area contributed by atoms with Crippen LogP contribution in [-0.2, 0) is 22.5 Å². The monoisotopic (exact) mass is 468 g/mol. The number of methoxy groups -OCH3 is 2. The third-order valence-electron chi connectivity index (χ3n) is 5.92. The minimum absolute atomic E-state index is 0.0225. The zero-order valence-electron chi connectivity index (χ0n) is 20.9. The van der Waals surface area contributed by atoms with Gasteiger partial charge in [0.15, 0.2) is 0 Å². The maximum Gasteiger partial charge on any atom is 0.410 e. The van der Waals surface area contributed by atoms with Gasteiger partial charge in [-0.3, -0.25) is 4.79 Å². The Morgan fingerprint density at radius 3 is 2.21 bits per heavy atom. The quantitative estimate of drug-likeness (QED) is 0.591. The lowest BCUT2D eigenvalue weighted by molar-refractivity contribution is -0.134. The van der Waals surface area contributed by atoms with Crippen molar-refractivity contribution in [3.8, 4) is 11.5 Å². The van der Waals surface area contributed by atoms with Gasteiger partial charge in [-0.2, -0.15) is 0 Å². The lowest BCUT2D eigenvalue weighted by Crippen LogP contribution is -2.49. The summed E-state index contributed by atoms with van der Waals surface area (Å²) in [5, 5.41) is 0. The van der Waals surface area contributed by atoms with Gasteiger partial charge in [0.05, 0.1) is 20.6 Å². The van der Waals surface area contributed by atoms with Crippen LogP contribution in [0.4, 0.5) is 4.79 Å². The normalized spacial score (nSPS) is 14.4. The minimum atomic E-state index is -0.530. The summed E-state index contributed by atoms with van der Waals surface area (Å²) >= 11 is 0. The second-order valence-corrected chi connectivity index (χ2v) is 9.56. The van der Waals surface area contributed by atoms with Crippen LogP contribution in [-0.4, -0.2) is 60.8 Å². The van der Waals surface area contributed by atoms with Gasteiger partial charge in [-0.05, 0) is 57.4 Å². The van der Waals surface area contributed by atoms with Crippen molar-refractivity contribution in [1.29, 1.82) is 0 Å². The Morgan fingerprint density at radius 2 is 1.62 bits per heavy atom. The molecule has 0 atom stereocenters. The first-order chi connectivity index (χ1) is 16.2. The molecule has 0 N–H and O–H groups in total. The molecule has 34 heavy (non-hydrogen) atoms. The van der Waals surface area contributed by atoms with Gasteiger partial charge in [-0.15, -0.1) is 0 Å². The van der Waals surface area contributed by atoms with Crippen LogP contribution in [0.1, 0.15) is 44.7 Å². The first-order valence-electron chi connectivity index (χ1n) is 11.7. The molecule has 0 unspecified atom stereocenters. The number of nitrogens with zero attached hydrogens (tertiary/aromatic N) is 2. The smallest absolute Gasteiger partial charge is 0.410 e. The number of amides is 2. The lowest BCUT2D eigenvalue weighted by Gasteiger charge is -2.39. The minimum Gasteiger partial charge on any atom is -0.497 e. The Balaban J connectivity index is 1.75. The molecule has 1 saturated heterocycles. The zero-order chi connectivity index (χ0) is 24.7. The van der Waals surface area contributed by atoms with E-state index in [1.54, 1.807) is 19.1 Å². The summed E-state index contributed by atoms with van der Waals surface area (Å²) in [5.41, 5.74) is 1.36. The SMILES string of the molecule is COc1ccc(CC(=O)N(Cc2ccccc2OC)C2CCN(C(=O)OC(C)(C)C)CC2)cc1. The third kappa shape index (κ3) is 6.89. The maximum atomic E-state index is 13.5. The summed E-state index contributed by atoms with van der Waals surface area (Å²) in [4.78, 5) is 29.7. The molecule has 3 rings (SSSR count). The van der Waals surface area contributed by atoms with Crippen LogP contribution in [0.15, 0.2) is 48.5 Å². The Hall–Kier alpha value is -3.22. The van der Waals surface area contributed by atoms with E-state index in [1.165, 1.54) is 0 Å². The molecule has 2 aromatic carbocycles. The number of carbonyl (C=O) groups excluding carboxylic acids is 2. The van der Waals surface area contributed by atoms with Crippen LogP contribution >= 0.6 is 0 Å². The number of hydrogen-bond donors (Lipinski definition) is 0. The fraction of sp³-hybridized carbons (Fsp3) is 0.481. The lowest BCUT2D eigenvalue weighted by atomic mass is 10.0. The molecule has 0 radical (unpaired) electrons. The predicted molar refractivity (Wildman–Crippen MR) is 131 cm³/mol. The molecular weight excluding hydrogens is 432 g/mol. The molecule has 2 aromatic rings. The summed E-state index contributed by atoms with van der Waals surface area (Å²) in [6.45, 7) is 7.16. The molecule has 0 aliphatic carbocycles. The molecule has 2 amide bonds. The summed E-state index contributed by atoms with van der Waals surface area (Å²) in [5.74, 6) is 1.57. The van der Waals surface area contributed by atoms with Crippen molar-refractivity contribution in [2.75, 3.05) is 27.3 Å². The number of carbonyl (C=O) groups is 2. The highest BCUT2D eigenvalue weighted by Gasteiger charge is 2.32. The van der Waals surface area contributed by atoms with Gasteiger partial charge in [0, 0.05) is 31.2 Å². The highest BCUT2D eigenvalue weighted by Crippen LogP contribution is 2.26. The number of hydrogen-bond acceptors (Lipinski definition) is 5. The number of piperidine rings is 1. The second-order valence-electron chi connectivity index (χ2n) is 9.56. The highest BCUT2D eigenvalue weighted by atomic mass is 16.6. The van der Waals surface area contributed by atoms with Crippen LogP contribution in [0.5, 0.6) is 11.5 Å². The van der Waals surface area contributed by atoms with E-state index in [2.05, 4.69) is 0 Å². The number of likely N-dealkylation sites (tertiary alicyclic amines) is 1. The molecule has 7 heteroatoms. The summed E-state index contributed by atoms with van der Waals surface area (Å²) in [6, 6.07) is 15.4. The molecule has 0 saturated carbocycles. The standard InChI is InChI=1S/C27H36N2O5/c1-27(2,3)34-26(31)28-16-14-22(15-17-28)29(19-21-8-6-7-9-24(21)33-5)25(30)18-20-10-12-23(32-4)13-11-20/h6-13,22H,14-19H2,1-5H3. The van der Waals surface area contributed by atoms with Crippen molar-refractivity contribution in [2.45, 2.75) is 58.2 Å². The number of rotatable bonds is 7. The first-order valence-corrected chi connectivity index (χ1v) is 11.7. The van der Waals surface area contributed by atoms with Crippen molar-refractivity contribution in [1.82, 2.24) is 9.80 Å². The second kappa shape index (κ2) is 11.3. The van der Waals surface area contributed by atoms with Gasteiger partial charge in [-0.1, -0.05) is 30.3 Å². The Labute approximate surface area is 202 Å². The van der Waals surface area contributed by atoms with Crippen molar-refractivity contribution in [3.05, 3.63) is 59.7 Å². The molecule has 1 aliphatic rings. The molecule has 0 bridgehead atoms. The predicted octanol–water partition coefficient (Wildman–Crippen LogP) is 4.67. The van der Waals surface area contributed by atoms with E-state index in [-0.39, 0.29) is 18.0 Å². The largest absolute Gasteiger partial charge is 0.497 e. The van der Waals surface area contributed by atoms with Crippen LogP contribution < -0.4 is 9.47 Å². The Kier molecular flexibility index (Phi) is 8.42. The zero-order valence-corrected chi connectivity index (χ0v) is 20.9. The number of ether oxygens (including phenoxy) is 3. The molecular formula is C27H36N2O5. The van der Waals surface area contributed by atoms with E-state index in [0.717, 1.165) is 22.6 Å². The summed E-state index contributed by atoms with van der Waals surface area (Å²) in [7, 11) is 3.26. The van der Waals surface area contributed by atoms with Crippen molar-refractivity contribution >= 4 is 12.0 Å². The van der Waals surface area contributed by atoms with E-state index >= 15 is 0 Å². The van der Waals surface area contributed by atoms with Gasteiger partial charge >= 0.3 is 6.09 Å². The average Bonchev–Trinajstić information content (AvgIpc) is 2.82. The van der Waals surface area contributed by atoms with Crippen LogP contribution in [0, 0.1) is 0 Å². The Morgan fingerprint density at radius 1 is 0.971 bits per heavy atom. The molecule has 7 nitrogen and oxygen atoms in total. The maximum absolute atomic E-state index is 13.5. The topological polar surface area (TPSA) is 68.3 Å². The summed E-state index contributed by atoms with van der Waals surface area (Å²) < 4.78 is 16.3. The average molecular weight is 469 g/mol. The fourth-order valence-corrected chi connectivity index (χ4v) is 4.14. The highest BCUT2D eigenvalue weighted by molar-refractivity contribution is 5.79. The van der Waals surface area contributed by atoms with Gasteiger partial charge in [0.25, 0.3) is 0 Å². The van der Waals surface area contributed by atoms with Gasteiger partial charge in [0.1, 0.15) is 17.1 Å². The molecule has 0 aromatic heterocycles. The van der Waals surface area contributed by atoms with E-state index in [0.29, 0.717) is 38.9 Å². The van der Waals surface area contributed by atoms with Crippen molar-refractivity contribution in [3.63, 3.8) is 0 Å². The number of para-hydroxylation sites is 1. The van der Waals surface area contributed by atoms with Gasteiger partial charge in [0.2, 0.25) is 5.91 Å². The van der Waals surface area contributed by atoms with E-state index < -0.39 is 5.60 Å². The molecule has 1 aliphatic heterocycles. The van der Waals surface area contributed by atoms with Crippen LogP contribution in [0.3, 0.4) is 0 Å². The Bertz CT molecular complexity index is 960. The fourth-order valence-electron chi connectivity index (χ4n) is 4.14. The summed E-state index contributed by atoms with van der Waals surface area (Å²) in [6.07, 6.45) is 1.39. The van der Waals surface area contributed by atoms with Crippen molar-refractivity contribution in [2.24, 2.45) is 0 Å². The van der Waals surface area contributed by atoms with Gasteiger partial charge < -0.3 is 24.0 Å². The van der Waals surface area contributed by atoms with E-state index in [1.807, 2.05) is 74.2 Å². The van der Waals surface area contributed by atoms with E-state index in [9.17, 15) is 9.59 Å².